The van der Waals surface area contributed by atoms with Crippen LogP contribution in [0, 0.1) is 12.7 Å². The third kappa shape index (κ3) is 3.43. The summed E-state index contributed by atoms with van der Waals surface area (Å²) < 4.78 is 13.4. The molecular formula is C17H19ClFNO. The van der Waals surface area contributed by atoms with Crippen molar-refractivity contribution < 1.29 is 9.50 Å². The second kappa shape index (κ2) is 6.56. The normalized spacial score (nSPS) is 14.0. The highest BCUT2D eigenvalue weighted by Crippen LogP contribution is 2.31. The average molecular weight is 308 g/mol. The Morgan fingerprint density at radius 3 is 2.62 bits per heavy atom. The van der Waals surface area contributed by atoms with E-state index >= 15 is 0 Å². The van der Waals surface area contributed by atoms with Gasteiger partial charge in [0.15, 0.2) is 0 Å². The molecule has 3 N–H and O–H groups in total. The van der Waals surface area contributed by atoms with E-state index in [0.29, 0.717) is 17.0 Å². The van der Waals surface area contributed by atoms with Crippen molar-refractivity contribution in [3.63, 3.8) is 0 Å². The third-order valence-corrected chi connectivity index (χ3v) is 4.23. The molecule has 0 saturated carbocycles. The molecule has 2 rings (SSSR count). The molecule has 0 aromatic heterocycles. The van der Waals surface area contributed by atoms with Gasteiger partial charge in [-0.25, -0.2) is 4.39 Å². The summed E-state index contributed by atoms with van der Waals surface area (Å²) in [5.74, 6) is -0.345. The molecule has 0 bridgehead atoms. The van der Waals surface area contributed by atoms with Crippen LogP contribution in [0.15, 0.2) is 42.5 Å². The van der Waals surface area contributed by atoms with Crippen molar-refractivity contribution in [3.8, 4) is 0 Å². The number of hydrogen-bond acceptors (Lipinski definition) is 2. The molecule has 2 aromatic rings. The van der Waals surface area contributed by atoms with Crippen LogP contribution in [0.4, 0.5) is 4.39 Å². The van der Waals surface area contributed by atoms with Crippen LogP contribution in [-0.4, -0.2) is 18.3 Å². The molecule has 0 aliphatic heterocycles. The Balaban J connectivity index is 2.45. The maximum atomic E-state index is 13.4. The lowest BCUT2D eigenvalue weighted by Gasteiger charge is -2.32. The van der Waals surface area contributed by atoms with E-state index in [0.717, 1.165) is 11.1 Å². The zero-order chi connectivity index (χ0) is 15.5. The van der Waals surface area contributed by atoms with Crippen molar-refractivity contribution in [1.82, 2.24) is 0 Å². The summed E-state index contributed by atoms with van der Waals surface area (Å²) in [6.07, 6.45) is 0.389. The molecule has 0 heterocycles. The van der Waals surface area contributed by atoms with E-state index in [4.69, 9.17) is 17.3 Å². The number of halogens is 2. The van der Waals surface area contributed by atoms with Crippen molar-refractivity contribution in [2.24, 2.45) is 5.73 Å². The van der Waals surface area contributed by atoms with Crippen molar-refractivity contribution in [2.75, 3.05) is 13.2 Å². The Bertz CT molecular complexity index is 626. The Morgan fingerprint density at radius 1 is 1.24 bits per heavy atom. The van der Waals surface area contributed by atoms with Gasteiger partial charge in [0.25, 0.3) is 0 Å². The fourth-order valence-electron chi connectivity index (χ4n) is 2.52. The summed E-state index contributed by atoms with van der Waals surface area (Å²) in [4.78, 5) is 0. The monoisotopic (exact) mass is 307 g/mol. The van der Waals surface area contributed by atoms with Gasteiger partial charge in [0, 0.05) is 17.0 Å². The Hall–Kier alpha value is -1.42. The average Bonchev–Trinajstić information content (AvgIpc) is 2.48. The maximum Gasteiger partial charge on any atom is 0.123 e. The van der Waals surface area contributed by atoms with Gasteiger partial charge in [0.1, 0.15) is 5.82 Å². The summed E-state index contributed by atoms with van der Waals surface area (Å²) in [6, 6.07) is 12.1. The fourth-order valence-corrected chi connectivity index (χ4v) is 2.71. The molecule has 0 aliphatic carbocycles. The van der Waals surface area contributed by atoms with E-state index in [2.05, 4.69) is 0 Å². The first-order chi connectivity index (χ1) is 10.0. The summed E-state index contributed by atoms with van der Waals surface area (Å²) in [6.45, 7) is 2.11. The van der Waals surface area contributed by atoms with E-state index in [9.17, 15) is 9.50 Å². The highest BCUT2D eigenvalue weighted by molar-refractivity contribution is 6.31. The van der Waals surface area contributed by atoms with Crippen LogP contribution >= 0.6 is 11.6 Å². The van der Waals surface area contributed by atoms with Crippen molar-refractivity contribution in [2.45, 2.75) is 18.8 Å². The number of benzene rings is 2. The predicted octanol–water partition coefficient (Wildman–Crippen LogP) is 3.22. The zero-order valence-corrected chi connectivity index (χ0v) is 12.7. The minimum atomic E-state index is -0.663. The quantitative estimate of drug-likeness (QED) is 0.891. The molecule has 4 heteroatoms. The van der Waals surface area contributed by atoms with Crippen LogP contribution in [0.5, 0.6) is 0 Å². The summed E-state index contributed by atoms with van der Waals surface area (Å²) in [7, 11) is 0. The van der Waals surface area contributed by atoms with Gasteiger partial charge in [-0.05, 0) is 42.7 Å². The van der Waals surface area contributed by atoms with Gasteiger partial charge in [0.2, 0.25) is 0 Å². The first kappa shape index (κ1) is 16.0. The molecule has 2 aromatic carbocycles. The Morgan fingerprint density at radius 2 is 2.00 bits per heavy atom. The van der Waals surface area contributed by atoms with Gasteiger partial charge in [0.05, 0.1) is 6.61 Å². The molecule has 0 fully saturated rings. The van der Waals surface area contributed by atoms with Crippen LogP contribution < -0.4 is 5.73 Å². The van der Waals surface area contributed by atoms with Crippen LogP contribution in [0.25, 0.3) is 0 Å². The van der Waals surface area contributed by atoms with Gasteiger partial charge in [-0.1, -0.05) is 41.4 Å². The van der Waals surface area contributed by atoms with E-state index in [1.165, 1.54) is 18.2 Å². The standard InChI is InChI=1S/C17H19ClFNO/c1-12-3-2-4-14(7-12)17(10-20,11-21)9-13-8-15(19)5-6-16(13)18/h2-8,21H,9-11,20H2,1H3. The van der Waals surface area contributed by atoms with E-state index in [1.807, 2.05) is 31.2 Å². The minimum Gasteiger partial charge on any atom is -0.395 e. The largest absolute Gasteiger partial charge is 0.395 e. The number of aryl methyl sites for hydroxylation is 1. The molecule has 2 nitrogen and oxygen atoms in total. The first-order valence-electron chi connectivity index (χ1n) is 6.83. The van der Waals surface area contributed by atoms with Crippen molar-refractivity contribution >= 4 is 11.6 Å². The number of rotatable bonds is 5. The van der Waals surface area contributed by atoms with E-state index < -0.39 is 5.41 Å². The molecule has 0 aliphatic rings. The summed E-state index contributed by atoms with van der Waals surface area (Å²) >= 11 is 6.15. The summed E-state index contributed by atoms with van der Waals surface area (Å²) in [5, 5.41) is 10.4. The lowest BCUT2D eigenvalue weighted by molar-refractivity contribution is 0.196. The molecule has 0 saturated heterocycles. The summed E-state index contributed by atoms with van der Waals surface area (Å²) in [5.41, 5.74) is 7.95. The molecule has 0 radical (unpaired) electrons. The molecule has 112 valence electrons. The molecule has 0 amide bonds. The lowest BCUT2D eigenvalue weighted by Crippen LogP contribution is -2.41. The van der Waals surface area contributed by atoms with E-state index in [-0.39, 0.29) is 19.0 Å². The van der Waals surface area contributed by atoms with Crippen LogP contribution in [0.2, 0.25) is 5.02 Å². The van der Waals surface area contributed by atoms with Gasteiger partial charge < -0.3 is 10.8 Å². The minimum absolute atomic E-state index is 0.125. The topological polar surface area (TPSA) is 46.2 Å². The molecule has 1 unspecified atom stereocenters. The number of aliphatic hydroxyl groups excluding tert-OH is 1. The van der Waals surface area contributed by atoms with E-state index in [1.54, 1.807) is 0 Å². The second-order valence-corrected chi connectivity index (χ2v) is 5.83. The van der Waals surface area contributed by atoms with Crippen LogP contribution in [-0.2, 0) is 11.8 Å². The second-order valence-electron chi connectivity index (χ2n) is 5.42. The van der Waals surface area contributed by atoms with Crippen LogP contribution in [0.1, 0.15) is 16.7 Å². The number of hydrogen-bond donors (Lipinski definition) is 2. The lowest BCUT2D eigenvalue weighted by atomic mass is 9.76. The Kier molecular flexibility index (Phi) is 4.99. The fraction of sp³-hybridized carbons (Fsp3) is 0.294. The van der Waals surface area contributed by atoms with Gasteiger partial charge >= 0.3 is 0 Å². The predicted molar refractivity (Wildman–Crippen MR) is 84.1 cm³/mol. The first-order valence-corrected chi connectivity index (χ1v) is 7.20. The third-order valence-electron chi connectivity index (χ3n) is 3.86. The van der Waals surface area contributed by atoms with Crippen LogP contribution in [0.3, 0.4) is 0 Å². The smallest absolute Gasteiger partial charge is 0.123 e. The Labute approximate surface area is 129 Å². The molecule has 1 atom stereocenters. The number of aliphatic hydroxyl groups is 1. The SMILES string of the molecule is Cc1cccc(C(CN)(CO)Cc2cc(F)ccc2Cl)c1. The molecule has 21 heavy (non-hydrogen) atoms. The van der Waals surface area contributed by atoms with Crippen molar-refractivity contribution in [1.29, 1.82) is 0 Å². The molecular weight excluding hydrogens is 289 g/mol. The van der Waals surface area contributed by atoms with Gasteiger partial charge in [-0.2, -0.15) is 0 Å². The maximum absolute atomic E-state index is 13.4. The van der Waals surface area contributed by atoms with Crippen molar-refractivity contribution in [3.05, 3.63) is 70.0 Å². The zero-order valence-electron chi connectivity index (χ0n) is 11.9. The van der Waals surface area contributed by atoms with Gasteiger partial charge in [-0.3, -0.25) is 0 Å². The highest BCUT2D eigenvalue weighted by atomic mass is 35.5. The molecule has 0 spiro atoms. The highest BCUT2D eigenvalue weighted by Gasteiger charge is 2.31. The van der Waals surface area contributed by atoms with Gasteiger partial charge in [-0.15, -0.1) is 0 Å². The number of nitrogens with two attached hydrogens (primary N) is 1.